The number of ether oxygens (including phenoxy) is 1. The Morgan fingerprint density at radius 3 is 2.78 bits per heavy atom. The van der Waals surface area contributed by atoms with Crippen molar-refractivity contribution < 1.29 is 4.74 Å². The zero-order valence-corrected chi connectivity index (χ0v) is 11.4. The van der Waals surface area contributed by atoms with E-state index in [1.807, 2.05) is 0 Å². The third-order valence-electron chi connectivity index (χ3n) is 3.37. The maximum Gasteiger partial charge on any atom is 0.0623 e. The summed E-state index contributed by atoms with van der Waals surface area (Å²) in [5.74, 6) is 0. The molecule has 18 heavy (non-hydrogen) atoms. The second kappa shape index (κ2) is 6.72. The normalized spacial score (nSPS) is 21.0. The third kappa shape index (κ3) is 3.97. The summed E-state index contributed by atoms with van der Waals surface area (Å²) in [4.78, 5) is 0. The molecule has 1 aliphatic rings. The van der Waals surface area contributed by atoms with Gasteiger partial charge in [0.1, 0.15) is 0 Å². The van der Waals surface area contributed by atoms with Gasteiger partial charge in [0.05, 0.1) is 13.2 Å². The van der Waals surface area contributed by atoms with Crippen LogP contribution in [0, 0.1) is 0 Å². The van der Waals surface area contributed by atoms with Crippen molar-refractivity contribution in [1.82, 2.24) is 5.32 Å². The van der Waals surface area contributed by atoms with Crippen molar-refractivity contribution in [3.8, 4) is 0 Å². The standard InChI is InChI=1S/C16H23NO/c1-3-14-4-6-15(7-5-14)10-13(2)11-16-12-18-9-8-17-16/h4-7,10,16-17H,3,8-9,11-12H2,1-2H3/b13-10-. The molecular weight excluding hydrogens is 222 g/mol. The van der Waals surface area contributed by atoms with Crippen molar-refractivity contribution in [3.63, 3.8) is 0 Å². The molecule has 1 heterocycles. The van der Waals surface area contributed by atoms with Crippen molar-refractivity contribution in [3.05, 3.63) is 41.0 Å². The molecule has 1 N–H and O–H groups in total. The summed E-state index contributed by atoms with van der Waals surface area (Å²) in [6.07, 6.45) is 4.44. The molecule has 0 spiro atoms. The van der Waals surface area contributed by atoms with Crippen LogP contribution >= 0.6 is 0 Å². The SMILES string of the molecule is CCc1ccc(/C=C(/C)CC2COCCN2)cc1. The van der Waals surface area contributed by atoms with Gasteiger partial charge in [0.15, 0.2) is 0 Å². The number of hydrogen-bond donors (Lipinski definition) is 1. The van der Waals surface area contributed by atoms with Gasteiger partial charge in [0.25, 0.3) is 0 Å². The molecule has 0 saturated carbocycles. The first-order chi connectivity index (χ1) is 8.78. The highest BCUT2D eigenvalue weighted by Crippen LogP contribution is 2.14. The topological polar surface area (TPSA) is 21.3 Å². The van der Waals surface area contributed by atoms with E-state index >= 15 is 0 Å². The fourth-order valence-corrected chi connectivity index (χ4v) is 2.33. The molecule has 0 aliphatic carbocycles. The molecule has 0 amide bonds. The Hall–Kier alpha value is -1.12. The highest BCUT2D eigenvalue weighted by atomic mass is 16.5. The van der Waals surface area contributed by atoms with Crippen LogP contribution in [0.4, 0.5) is 0 Å². The zero-order valence-electron chi connectivity index (χ0n) is 11.4. The van der Waals surface area contributed by atoms with Crippen molar-refractivity contribution in [2.24, 2.45) is 0 Å². The molecule has 1 aliphatic heterocycles. The second-order valence-electron chi connectivity index (χ2n) is 5.02. The van der Waals surface area contributed by atoms with Gasteiger partial charge in [-0.05, 0) is 30.9 Å². The van der Waals surface area contributed by atoms with E-state index in [0.29, 0.717) is 6.04 Å². The fraction of sp³-hybridized carbons (Fsp3) is 0.500. The van der Waals surface area contributed by atoms with E-state index in [0.717, 1.165) is 32.6 Å². The van der Waals surface area contributed by atoms with E-state index in [2.05, 4.69) is 49.5 Å². The quantitative estimate of drug-likeness (QED) is 0.880. The van der Waals surface area contributed by atoms with Gasteiger partial charge < -0.3 is 10.1 Å². The third-order valence-corrected chi connectivity index (χ3v) is 3.37. The van der Waals surface area contributed by atoms with Crippen LogP contribution in [0.1, 0.15) is 31.4 Å². The molecule has 1 unspecified atom stereocenters. The van der Waals surface area contributed by atoms with Crippen LogP contribution in [0.5, 0.6) is 0 Å². The summed E-state index contributed by atoms with van der Waals surface area (Å²) in [5.41, 5.74) is 4.09. The molecule has 2 rings (SSSR count). The van der Waals surface area contributed by atoms with Crippen LogP contribution in [0.2, 0.25) is 0 Å². The van der Waals surface area contributed by atoms with Crippen LogP contribution < -0.4 is 5.32 Å². The maximum atomic E-state index is 5.47. The lowest BCUT2D eigenvalue weighted by Gasteiger charge is -2.24. The molecule has 0 aromatic heterocycles. The first-order valence-electron chi connectivity index (χ1n) is 6.85. The van der Waals surface area contributed by atoms with E-state index in [4.69, 9.17) is 4.74 Å². The summed E-state index contributed by atoms with van der Waals surface area (Å²) in [7, 11) is 0. The number of morpholine rings is 1. The van der Waals surface area contributed by atoms with E-state index in [1.54, 1.807) is 0 Å². The van der Waals surface area contributed by atoms with Crippen molar-refractivity contribution in [1.29, 1.82) is 0 Å². The molecule has 1 atom stereocenters. The minimum absolute atomic E-state index is 0.477. The Kier molecular flexibility index (Phi) is 4.97. The molecule has 2 nitrogen and oxygen atoms in total. The number of benzene rings is 1. The van der Waals surface area contributed by atoms with Gasteiger partial charge in [0, 0.05) is 12.6 Å². The van der Waals surface area contributed by atoms with Gasteiger partial charge in [-0.15, -0.1) is 0 Å². The molecule has 98 valence electrons. The van der Waals surface area contributed by atoms with E-state index < -0.39 is 0 Å². The van der Waals surface area contributed by atoms with E-state index in [-0.39, 0.29) is 0 Å². The van der Waals surface area contributed by atoms with Crippen LogP contribution in [0.15, 0.2) is 29.8 Å². The molecule has 0 radical (unpaired) electrons. The average molecular weight is 245 g/mol. The van der Waals surface area contributed by atoms with Crippen molar-refractivity contribution >= 4 is 6.08 Å². The molecule has 1 saturated heterocycles. The van der Waals surface area contributed by atoms with Gasteiger partial charge in [-0.2, -0.15) is 0 Å². The molecule has 1 fully saturated rings. The lowest BCUT2D eigenvalue weighted by atomic mass is 10.0. The zero-order chi connectivity index (χ0) is 12.8. The summed E-state index contributed by atoms with van der Waals surface area (Å²) >= 11 is 0. The first kappa shape index (κ1) is 13.3. The Bertz CT molecular complexity index is 388. The first-order valence-corrected chi connectivity index (χ1v) is 6.85. The number of rotatable bonds is 4. The predicted molar refractivity (Wildman–Crippen MR) is 76.7 cm³/mol. The van der Waals surface area contributed by atoms with Crippen LogP contribution in [0.3, 0.4) is 0 Å². The maximum absolute atomic E-state index is 5.47. The second-order valence-corrected chi connectivity index (χ2v) is 5.02. The minimum Gasteiger partial charge on any atom is -0.379 e. The van der Waals surface area contributed by atoms with Gasteiger partial charge in [-0.3, -0.25) is 0 Å². The lowest BCUT2D eigenvalue weighted by molar-refractivity contribution is 0.0771. The van der Waals surface area contributed by atoms with Gasteiger partial charge in [-0.1, -0.05) is 42.8 Å². The highest BCUT2D eigenvalue weighted by molar-refractivity contribution is 5.52. The fourth-order valence-electron chi connectivity index (χ4n) is 2.33. The number of hydrogen-bond acceptors (Lipinski definition) is 2. The smallest absolute Gasteiger partial charge is 0.0623 e. The Morgan fingerprint density at radius 1 is 1.39 bits per heavy atom. The highest BCUT2D eigenvalue weighted by Gasteiger charge is 2.12. The molecular formula is C16H23NO. The molecule has 0 bridgehead atoms. The average Bonchev–Trinajstić information content (AvgIpc) is 2.40. The Balaban J connectivity index is 1.93. The summed E-state index contributed by atoms with van der Waals surface area (Å²) < 4.78 is 5.47. The predicted octanol–water partition coefficient (Wildman–Crippen LogP) is 3.03. The lowest BCUT2D eigenvalue weighted by Crippen LogP contribution is -2.41. The largest absolute Gasteiger partial charge is 0.379 e. The van der Waals surface area contributed by atoms with E-state index in [1.165, 1.54) is 16.7 Å². The van der Waals surface area contributed by atoms with Crippen LogP contribution in [-0.2, 0) is 11.2 Å². The number of nitrogens with one attached hydrogen (secondary N) is 1. The monoisotopic (exact) mass is 245 g/mol. The summed E-state index contributed by atoms with van der Waals surface area (Å²) in [6, 6.07) is 9.30. The number of aryl methyl sites for hydroxylation is 1. The minimum atomic E-state index is 0.477. The Labute approximate surface area is 110 Å². The Morgan fingerprint density at radius 2 is 2.17 bits per heavy atom. The molecule has 2 heteroatoms. The van der Waals surface area contributed by atoms with Crippen molar-refractivity contribution in [2.45, 2.75) is 32.7 Å². The molecule has 1 aromatic carbocycles. The summed E-state index contributed by atoms with van der Waals surface area (Å²) in [5, 5.41) is 3.49. The van der Waals surface area contributed by atoms with Gasteiger partial charge in [-0.25, -0.2) is 0 Å². The van der Waals surface area contributed by atoms with E-state index in [9.17, 15) is 0 Å². The molecule has 1 aromatic rings. The van der Waals surface area contributed by atoms with Gasteiger partial charge in [0.2, 0.25) is 0 Å². The van der Waals surface area contributed by atoms with Gasteiger partial charge >= 0.3 is 0 Å². The summed E-state index contributed by atoms with van der Waals surface area (Å²) in [6.45, 7) is 7.04. The van der Waals surface area contributed by atoms with Crippen LogP contribution in [0.25, 0.3) is 6.08 Å². The van der Waals surface area contributed by atoms with Crippen LogP contribution in [-0.4, -0.2) is 25.8 Å². The van der Waals surface area contributed by atoms with Crippen molar-refractivity contribution in [2.75, 3.05) is 19.8 Å².